The number of aryl methyl sites for hydroxylation is 2. The van der Waals surface area contributed by atoms with Crippen LogP contribution in [-0.4, -0.2) is 16.8 Å². The fourth-order valence-electron chi connectivity index (χ4n) is 2.58. The van der Waals surface area contributed by atoms with E-state index < -0.39 is 23.1 Å². The minimum absolute atomic E-state index is 0.360. The third-order valence-electron chi connectivity index (χ3n) is 4.30. The first kappa shape index (κ1) is 20.7. The van der Waals surface area contributed by atoms with Crippen LogP contribution in [0.3, 0.4) is 0 Å². The minimum Gasteiger partial charge on any atom is -0.505 e. The number of benzene rings is 3. The van der Waals surface area contributed by atoms with E-state index in [0.29, 0.717) is 16.9 Å². The highest BCUT2D eigenvalue weighted by Crippen LogP contribution is 2.22. The lowest BCUT2D eigenvalue weighted by Crippen LogP contribution is -2.24. The molecule has 3 aromatic carbocycles. The van der Waals surface area contributed by atoms with Crippen LogP contribution in [-0.2, 0) is 9.59 Å². The first-order chi connectivity index (χ1) is 14.4. The van der Waals surface area contributed by atoms with Crippen molar-refractivity contribution in [1.29, 1.82) is 0 Å². The lowest BCUT2D eigenvalue weighted by Gasteiger charge is -2.08. The summed E-state index contributed by atoms with van der Waals surface area (Å²) in [6.45, 7) is 3.82. The third-order valence-corrected chi connectivity index (χ3v) is 4.30. The number of nitrogens with one attached hydrogen (secondary N) is 1. The fourth-order valence-corrected chi connectivity index (χ4v) is 2.58. The molecule has 0 saturated heterocycles. The Morgan fingerprint density at radius 2 is 1.37 bits per heavy atom. The Bertz CT molecular complexity index is 1100. The molecule has 0 aliphatic heterocycles. The number of hydrogen-bond acceptors (Lipinski definition) is 5. The predicted molar refractivity (Wildman–Crippen MR) is 117 cm³/mol. The summed E-state index contributed by atoms with van der Waals surface area (Å²) >= 11 is 0. The Morgan fingerprint density at radius 3 is 1.97 bits per heavy atom. The van der Waals surface area contributed by atoms with Gasteiger partial charge in [0, 0.05) is 11.3 Å². The number of hydrogen-bond donors (Lipinski definition) is 2. The molecule has 0 aromatic heterocycles. The van der Waals surface area contributed by atoms with Crippen molar-refractivity contribution in [3.63, 3.8) is 0 Å². The highest BCUT2D eigenvalue weighted by Gasteiger charge is 2.24. The van der Waals surface area contributed by atoms with Gasteiger partial charge in [-0.25, -0.2) is 0 Å². The Morgan fingerprint density at radius 1 is 0.800 bits per heavy atom. The number of rotatable bonds is 6. The number of carbonyl (C=O) groups is 2. The van der Waals surface area contributed by atoms with Crippen molar-refractivity contribution in [1.82, 2.24) is 0 Å². The molecule has 0 fully saturated rings. The fraction of sp³-hybridized carbons (Fsp3) is 0.0833. The molecule has 1 amide bonds. The molecule has 0 heterocycles. The van der Waals surface area contributed by atoms with Crippen LogP contribution in [0.5, 0.6) is 0 Å². The number of amides is 1. The predicted octanol–water partition coefficient (Wildman–Crippen LogP) is 5.52. The summed E-state index contributed by atoms with van der Waals surface area (Å²) in [5, 5.41) is 21.1. The van der Waals surface area contributed by atoms with Crippen LogP contribution in [0, 0.1) is 13.8 Å². The van der Waals surface area contributed by atoms with Gasteiger partial charge >= 0.3 is 0 Å². The van der Waals surface area contributed by atoms with Crippen molar-refractivity contribution in [2.24, 2.45) is 10.2 Å². The number of aliphatic hydroxyl groups excluding tert-OH is 1. The van der Waals surface area contributed by atoms with Gasteiger partial charge in [-0.1, -0.05) is 65.7 Å². The Labute approximate surface area is 174 Å². The van der Waals surface area contributed by atoms with Gasteiger partial charge < -0.3 is 10.4 Å². The van der Waals surface area contributed by atoms with Gasteiger partial charge in [-0.15, -0.1) is 5.11 Å². The van der Waals surface area contributed by atoms with Crippen LogP contribution >= 0.6 is 0 Å². The first-order valence-electron chi connectivity index (χ1n) is 9.33. The number of azo groups is 1. The van der Waals surface area contributed by atoms with Crippen molar-refractivity contribution in [3.8, 4) is 0 Å². The highest BCUT2D eigenvalue weighted by molar-refractivity contribution is 6.47. The van der Waals surface area contributed by atoms with Gasteiger partial charge in [0.05, 0.1) is 5.69 Å². The lowest BCUT2D eigenvalue weighted by atomic mass is 10.1. The molecule has 0 aliphatic carbocycles. The molecule has 0 atom stereocenters. The molecule has 30 heavy (non-hydrogen) atoms. The molecule has 2 N–H and O–H groups in total. The van der Waals surface area contributed by atoms with E-state index in [1.165, 1.54) is 0 Å². The number of aliphatic hydroxyl groups is 1. The summed E-state index contributed by atoms with van der Waals surface area (Å²) in [6, 6.07) is 22.6. The second kappa shape index (κ2) is 9.43. The molecule has 3 rings (SSSR count). The average molecular weight is 399 g/mol. The van der Waals surface area contributed by atoms with Crippen molar-refractivity contribution in [3.05, 3.63) is 101 Å². The molecule has 0 spiro atoms. The van der Waals surface area contributed by atoms with E-state index in [-0.39, 0.29) is 0 Å². The van der Waals surface area contributed by atoms with Crippen LogP contribution in [0.4, 0.5) is 11.4 Å². The van der Waals surface area contributed by atoms with E-state index in [2.05, 4.69) is 15.5 Å². The monoisotopic (exact) mass is 399 g/mol. The second-order valence-corrected chi connectivity index (χ2v) is 6.75. The van der Waals surface area contributed by atoms with E-state index in [0.717, 1.165) is 11.1 Å². The summed E-state index contributed by atoms with van der Waals surface area (Å²) in [7, 11) is 0. The van der Waals surface area contributed by atoms with E-state index in [4.69, 9.17) is 0 Å². The van der Waals surface area contributed by atoms with E-state index >= 15 is 0 Å². The molecule has 0 aliphatic rings. The molecular formula is C24H21N3O3. The van der Waals surface area contributed by atoms with E-state index in [1.54, 1.807) is 60.7 Å². The average Bonchev–Trinajstić information content (AvgIpc) is 2.76. The summed E-state index contributed by atoms with van der Waals surface area (Å²) < 4.78 is 0. The molecule has 6 heteroatoms. The van der Waals surface area contributed by atoms with Gasteiger partial charge in [0.25, 0.3) is 11.7 Å². The zero-order valence-corrected chi connectivity index (χ0v) is 16.7. The summed E-state index contributed by atoms with van der Waals surface area (Å²) in [4.78, 5) is 25.4. The molecule has 0 bridgehead atoms. The number of ketones is 1. The largest absolute Gasteiger partial charge is 0.505 e. The van der Waals surface area contributed by atoms with E-state index in [1.807, 2.05) is 32.0 Å². The quantitative estimate of drug-likeness (QED) is 0.247. The number of Topliss-reactive ketones (excluding diaryl/α,β-unsaturated/α-hetero) is 1. The van der Waals surface area contributed by atoms with Crippen LogP contribution in [0.25, 0.3) is 5.76 Å². The molecule has 3 aromatic rings. The standard InChI is InChI=1S/C24H21N3O3/c1-16-8-12-18(13-9-16)22(28)21(27-26-20-6-4-3-5-7-20)23(29)24(30)25-19-14-10-17(2)11-15-19/h3-15,28H,1-2H3,(H,25,30)/b22-21+,27-26?. The van der Waals surface area contributed by atoms with Gasteiger partial charge in [0.1, 0.15) is 0 Å². The molecule has 0 unspecified atom stereocenters. The molecular weight excluding hydrogens is 378 g/mol. The van der Waals surface area contributed by atoms with Crippen molar-refractivity contribution < 1.29 is 14.7 Å². The van der Waals surface area contributed by atoms with Crippen LogP contribution < -0.4 is 5.32 Å². The van der Waals surface area contributed by atoms with Gasteiger partial charge in [-0.2, -0.15) is 5.11 Å². The Kier molecular flexibility index (Phi) is 6.49. The zero-order chi connectivity index (χ0) is 21.5. The van der Waals surface area contributed by atoms with Gasteiger partial charge in [-0.05, 0) is 38.1 Å². The summed E-state index contributed by atoms with van der Waals surface area (Å²) in [6.07, 6.45) is 0. The van der Waals surface area contributed by atoms with Crippen LogP contribution in [0.1, 0.15) is 16.7 Å². The number of nitrogens with zero attached hydrogens (tertiary/aromatic N) is 2. The van der Waals surface area contributed by atoms with Gasteiger partial charge in [-0.3, -0.25) is 9.59 Å². The van der Waals surface area contributed by atoms with Gasteiger partial charge in [0.2, 0.25) is 0 Å². The Balaban J connectivity index is 1.95. The maximum atomic E-state index is 12.8. The summed E-state index contributed by atoms with van der Waals surface area (Å²) in [5.41, 5.74) is 2.88. The molecule has 0 radical (unpaired) electrons. The molecule has 6 nitrogen and oxygen atoms in total. The van der Waals surface area contributed by atoms with Crippen molar-refractivity contribution in [2.75, 3.05) is 5.32 Å². The first-order valence-corrected chi connectivity index (χ1v) is 9.33. The van der Waals surface area contributed by atoms with E-state index in [9.17, 15) is 14.7 Å². The highest BCUT2D eigenvalue weighted by atomic mass is 16.3. The zero-order valence-electron chi connectivity index (χ0n) is 16.7. The van der Waals surface area contributed by atoms with Crippen LogP contribution in [0.2, 0.25) is 0 Å². The Hall–Kier alpha value is -4.06. The van der Waals surface area contributed by atoms with Gasteiger partial charge in [0.15, 0.2) is 11.5 Å². The SMILES string of the molecule is Cc1ccc(NC(=O)C(=O)/C(N=Nc2ccccc2)=C(\O)c2ccc(C)cc2)cc1. The van der Waals surface area contributed by atoms with Crippen LogP contribution in [0.15, 0.2) is 94.8 Å². The number of carbonyl (C=O) groups excluding carboxylic acids is 2. The maximum absolute atomic E-state index is 12.8. The maximum Gasteiger partial charge on any atom is 0.298 e. The summed E-state index contributed by atoms with van der Waals surface area (Å²) in [5.74, 6) is -2.33. The lowest BCUT2D eigenvalue weighted by molar-refractivity contribution is -0.132. The molecule has 150 valence electrons. The molecule has 0 saturated carbocycles. The normalized spacial score (nSPS) is 11.8. The smallest absolute Gasteiger partial charge is 0.298 e. The second-order valence-electron chi connectivity index (χ2n) is 6.75. The number of anilines is 1. The third kappa shape index (κ3) is 5.26. The van der Waals surface area contributed by atoms with Crippen molar-refractivity contribution in [2.45, 2.75) is 13.8 Å². The topological polar surface area (TPSA) is 91.1 Å². The minimum atomic E-state index is -0.992. The van der Waals surface area contributed by atoms with Crippen molar-refractivity contribution >= 4 is 28.8 Å².